The number of aromatic nitrogens is 5. The van der Waals surface area contributed by atoms with Crippen molar-refractivity contribution in [1.82, 2.24) is 30.3 Å². The molecule has 0 amide bonds. The van der Waals surface area contributed by atoms with E-state index in [0.717, 1.165) is 49.5 Å². The lowest BCUT2D eigenvalue weighted by Crippen LogP contribution is -2.27. The Balaban J connectivity index is 1.46. The van der Waals surface area contributed by atoms with Gasteiger partial charge in [0, 0.05) is 26.7 Å². The fourth-order valence-electron chi connectivity index (χ4n) is 4.29. The van der Waals surface area contributed by atoms with Crippen LogP contribution < -0.4 is 10.2 Å². The maximum atomic E-state index is 5.98. The largest absolute Gasteiger partial charge is 0.419 e. The van der Waals surface area contributed by atoms with Gasteiger partial charge in [-0.25, -0.2) is 9.67 Å². The quantitative estimate of drug-likeness (QED) is 0.747. The summed E-state index contributed by atoms with van der Waals surface area (Å²) in [7, 11) is 1.92. The van der Waals surface area contributed by atoms with Gasteiger partial charge in [-0.05, 0) is 37.9 Å². The van der Waals surface area contributed by atoms with Gasteiger partial charge in [-0.15, -0.1) is 10.2 Å². The average molecular weight is 381 g/mol. The van der Waals surface area contributed by atoms with E-state index in [-0.39, 0.29) is 0 Å². The summed E-state index contributed by atoms with van der Waals surface area (Å²) in [5.74, 6) is 2.51. The van der Waals surface area contributed by atoms with Crippen LogP contribution in [0.3, 0.4) is 0 Å². The molecule has 148 valence electrons. The number of rotatable bonds is 3. The Kier molecular flexibility index (Phi) is 4.72. The number of pyridine rings is 1. The highest BCUT2D eigenvalue weighted by Gasteiger charge is 2.25. The summed E-state index contributed by atoms with van der Waals surface area (Å²) in [6.07, 6.45) is 7.48. The summed E-state index contributed by atoms with van der Waals surface area (Å²) < 4.78 is 7.79. The van der Waals surface area contributed by atoms with E-state index in [1.165, 1.54) is 32.1 Å². The lowest BCUT2D eigenvalue weighted by atomic mass is 10.1. The van der Waals surface area contributed by atoms with Crippen molar-refractivity contribution in [3.05, 3.63) is 18.0 Å². The molecule has 2 saturated heterocycles. The third-order valence-corrected chi connectivity index (χ3v) is 5.90. The molecule has 1 N–H and O–H groups in total. The number of fused-ring (bicyclic) bond motifs is 1. The van der Waals surface area contributed by atoms with Crippen LogP contribution in [-0.2, 0) is 7.05 Å². The lowest BCUT2D eigenvalue weighted by molar-refractivity contribution is 0.465. The number of nitrogens with zero attached hydrogens (tertiary/aromatic N) is 6. The number of aryl methyl sites for hydroxylation is 1. The summed E-state index contributed by atoms with van der Waals surface area (Å²) in [6, 6.07) is 4.20. The number of anilines is 1. The van der Waals surface area contributed by atoms with Crippen LogP contribution in [0.25, 0.3) is 22.6 Å². The Morgan fingerprint density at radius 2 is 1.89 bits per heavy atom. The van der Waals surface area contributed by atoms with Crippen molar-refractivity contribution >= 4 is 16.9 Å². The maximum absolute atomic E-state index is 5.98. The van der Waals surface area contributed by atoms with Crippen LogP contribution >= 0.6 is 0 Å². The van der Waals surface area contributed by atoms with Crippen LogP contribution in [0.4, 0.5) is 5.82 Å². The molecule has 1 unspecified atom stereocenters. The molecule has 0 saturated carbocycles. The molecule has 0 aromatic carbocycles. The standard InChI is InChI=1S/C20H27N7O/c1-26-18-15(7-8-16(22-18)27-11-5-3-2-4-6-12-27)17(25-26)20-24-23-19(28-20)14-9-10-21-13-14/h7-8,14,21H,2-6,9-13H2,1H3. The van der Waals surface area contributed by atoms with Gasteiger partial charge in [-0.2, -0.15) is 5.10 Å². The van der Waals surface area contributed by atoms with E-state index in [1.54, 1.807) is 0 Å². The topological polar surface area (TPSA) is 84.9 Å². The van der Waals surface area contributed by atoms with E-state index in [9.17, 15) is 0 Å². The second-order valence-corrected chi connectivity index (χ2v) is 7.90. The molecule has 8 heteroatoms. The van der Waals surface area contributed by atoms with Crippen molar-refractivity contribution < 1.29 is 4.42 Å². The van der Waals surface area contributed by atoms with Crippen molar-refractivity contribution in [3.63, 3.8) is 0 Å². The molecule has 0 spiro atoms. The van der Waals surface area contributed by atoms with Crippen LogP contribution in [-0.4, -0.2) is 51.1 Å². The molecule has 5 heterocycles. The van der Waals surface area contributed by atoms with Crippen LogP contribution in [0.5, 0.6) is 0 Å². The zero-order valence-corrected chi connectivity index (χ0v) is 16.4. The van der Waals surface area contributed by atoms with Crippen LogP contribution in [0, 0.1) is 0 Å². The second-order valence-electron chi connectivity index (χ2n) is 7.90. The van der Waals surface area contributed by atoms with Crippen LogP contribution in [0.15, 0.2) is 16.5 Å². The Labute approximate surface area is 164 Å². The van der Waals surface area contributed by atoms with Gasteiger partial charge >= 0.3 is 0 Å². The summed E-state index contributed by atoms with van der Waals surface area (Å²) in [5.41, 5.74) is 1.57. The summed E-state index contributed by atoms with van der Waals surface area (Å²) >= 11 is 0. The fraction of sp³-hybridized carbons (Fsp3) is 0.600. The lowest BCUT2D eigenvalue weighted by Gasteiger charge is -2.25. The zero-order valence-electron chi connectivity index (χ0n) is 16.4. The average Bonchev–Trinajstić information content (AvgIpc) is 3.41. The highest BCUT2D eigenvalue weighted by molar-refractivity contribution is 5.89. The Bertz CT molecular complexity index is 949. The molecule has 0 aliphatic carbocycles. The van der Waals surface area contributed by atoms with Crippen molar-refractivity contribution in [2.24, 2.45) is 7.05 Å². The number of nitrogens with one attached hydrogen (secondary N) is 1. The third kappa shape index (κ3) is 3.26. The smallest absolute Gasteiger partial charge is 0.268 e. The summed E-state index contributed by atoms with van der Waals surface area (Å²) in [4.78, 5) is 7.33. The predicted molar refractivity (Wildman–Crippen MR) is 107 cm³/mol. The minimum atomic E-state index is 0.299. The van der Waals surface area contributed by atoms with Crippen LogP contribution in [0.1, 0.15) is 50.3 Å². The van der Waals surface area contributed by atoms with Gasteiger partial charge < -0.3 is 14.6 Å². The molecule has 2 aliphatic rings. The zero-order chi connectivity index (χ0) is 18.9. The minimum absolute atomic E-state index is 0.299. The Morgan fingerprint density at radius 1 is 1.07 bits per heavy atom. The number of hydrogen-bond donors (Lipinski definition) is 1. The Morgan fingerprint density at radius 3 is 2.68 bits per heavy atom. The monoisotopic (exact) mass is 381 g/mol. The Hall–Kier alpha value is -2.48. The second kappa shape index (κ2) is 7.50. The third-order valence-electron chi connectivity index (χ3n) is 5.90. The molecule has 28 heavy (non-hydrogen) atoms. The molecule has 5 rings (SSSR count). The van der Waals surface area contributed by atoms with Gasteiger partial charge in [0.1, 0.15) is 5.82 Å². The van der Waals surface area contributed by atoms with Gasteiger partial charge in [-0.3, -0.25) is 0 Å². The molecule has 8 nitrogen and oxygen atoms in total. The normalized spacial score (nSPS) is 21.2. The molecule has 3 aromatic rings. The first-order valence-electron chi connectivity index (χ1n) is 10.4. The number of hydrogen-bond acceptors (Lipinski definition) is 7. The molecule has 3 aromatic heterocycles. The summed E-state index contributed by atoms with van der Waals surface area (Å²) in [6.45, 7) is 4.04. The van der Waals surface area contributed by atoms with Gasteiger partial charge in [0.25, 0.3) is 5.89 Å². The van der Waals surface area contributed by atoms with E-state index in [0.29, 0.717) is 23.4 Å². The van der Waals surface area contributed by atoms with E-state index < -0.39 is 0 Å². The highest BCUT2D eigenvalue weighted by Crippen LogP contribution is 2.30. The molecule has 0 radical (unpaired) electrons. The summed E-state index contributed by atoms with van der Waals surface area (Å²) in [5, 5.41) is 17.5. The maximum Gasteiger partial charge on any atom is 0.268 e. The molecule has 2 aliphatic heterocycles. The van der Waals surface area contributed by atoms with E-state index >= 15 is 0 Å². The molecule has 2 fully saturated rings. The van der Waals surface area contributed by atoms with E-state index in [4.69, 9.17) is 9.40 Å². The van der Waals surface area contributed by atoms with Crippen LogP contribution in [0.2, 0.25) is 0 Å². The molecule has 1 atom stereocenters. The molecular formula is C20H27N7O. The van der Waals surface area contributed by atoms with Crippen molar-refractivity contribution in [3.8, 4) is 11.6 Å². The van der Waals surface area contributed by atoms with Gasteiger partial charge in [0.05, 0.1) is 11.3 Å². The first-order chi connectivity index (χ1) is 13.8. The predicted octanol–water partition coefficient (Wildman–Crippen LogP) is 2.87. The van der Waals surface area contributed by atoms with Crippen molar-refractivity contribution in [2.45, 2.75) is 44.4 Å². The highest BCUT2D eigenvalue weighted by atomic mass is 16.4. The SMILES string of the molecule is Cn1nc(-c2nnc(C3CCNC3)o2)c2ccc(N3CCCCCCC3)nc21. The first kappa shape index (κ1) is 17.6. The van der Waals surface area contributed by atoms with Gasteiger partial charge in [0.2, 0.25) is 5.89 Å². The minimum Gasteiger partial charge on any atom is -0.419 e. The van der Waals surface area contributed by atoms with Gasteiger partial charge in [-0.1, -0.05) is 19.3 Å². The first-order valence-corrected chi connectivity index (χ1v) is 10.4. The van der Waals surface area contributed by atoms with Gasteiger partial charge in [0.15, 0.2) is 11.3 Å². The van der Waals surface area contributed by atoms with E-state index in [1.807, 2.05) is 11.7 Å². The van der Waals surface area contributed by atoms with Crippen molar-refractivity contribution in [1.29, 1.82) is 0 Å². The van der Waals surface area contributed by atoms with E-state index in [2.05, 4.69) is 37.6 Å². The molecular weight excluding hydrogens is 354 g/mol. The fourth-order valence-corrected chi connectivity index (χ4v) is 4.29. The molecule has 0 bridgehead atoms. The van der Waals surface area contributed by atoms with Crippen molar-refractivity contribution in [2.75, 3.05) is 31.1 Å².